The standard InChI is InChI=1S/C18H13NO/c20-18-16-10-4-2-7-14(16)12-19(18)17-11-5-8-13-6-1-3-9-15(13)17/h1-11H,12H2. The Kier molecular flexibility index (Phi) is 2.36. The fourth-order valence-electron chi connectivity index (χ4n) is 2.89. The van der Waals surface area contributed by atoms with E-state index in [0.29, 0.717) is 6.54 Å². The molecule has 0 saturated heterocycles. The van der Waals surface area contributed by atoms with Crippen molar-refractivity contribution in [3.8, 4) is 0 Å². The van der Waals surface area contributed by atoms with Gasteiger partial charge in [0, 0.05) is 10.9 Å². The summed E-state index contributed by atoms with van der Waals surface area (Å²) < 4.78 is 0. The predicted octanol–water partition coefficient (Wildman–Crippen LogP) is 4.00. The lowest BCUT2D eigenvalue weighted by Crippen LogP contribution is -2.23. The molecule has 0 N–H and O–H groups in total. The minimum Gasteiger partial charge on any atom is -0.303 e. The van der Waals surface area contributed by atoms with Crippen molar-refractivity contribution in [2.75, 3.05) is 4.90 Å². The molecule has 96 valence electrons. The maximum absolute atomic E-state index is 12.6. The zero-order chi connectivity index (χ0) is 13.5. The van der Waals surface area contributed by atoms with Crippen LogP contribution in [0, 0.1) is 0 Å². The van der Waals surface area contributed by atoms with Crippen LogP contribution in [0.2, 0.25) is 0 Å². The first-order chi connectivity index (χ1) is 9.84. The van der Waals surface area contributed by atoms with Crippen molar-refractivity contribution < 1.29 is 4.79 Å². The van der Waals surface area contributed by atoms with Gasteiger partial charge < -0.3 is 4.90 Å². The van der Waals surface area contributed by atoms with Gasteiger partial charge in [-0.1, -0.05) is 54.6 Å². The number of anilines is 1. The highest BCUT2D eigenvalue weighted by Crippen LogP contribution is 2.33. The summed E-state index contributed by atoms with van der Waals surface area (Å²) in [6, 6.07) is 22.1. The fraction of sp³-hybridized carbons (Fsp3) is 0.0556. The summed E-state index contributed by atoms with van der Waals surface area (Å²) in [5, 5.41) is 2.28. The summed E-state index contributed by atoms with van der Waals surface area (Å²) in [5.74, 6) is 0.0944. The molecule has 2 nitrogen and oxygen atoms in total. The topological polar surface area (TPSA) is 20.3 Å². The third-order valence-electron chi connectivity index (χ3n) is 3.88. The highest BCUT2D eigenvalue weighted by atomic mass is 16.2. The minimum atomic E-state index is 0.0944. The molecular formula is C18H13NO. The zero-order valence-electron chi connectivity index (χ0n) is 10.9. The molecule has 3 aromatic rings. The lowest BCUT2D eigenvalue weighted by molar-refractivity contribution is 0.0997. The van der Waals surface area contributed by atoms with Crippen LogP contribution in [-0.4, -0.2) is 5.91 Å². The SMILES string of the molecule is O=C1c2ccccc2CN1c1cccc2ccccc12. The van der Waals surface area contributed by atoms with Gasteiger partial charge in [-0.2, -0.15) is 0 Å². The van der Waals surface area contributed by atoms with Gasteiger partial charge in [-0.15, -0.1) is 0 Å². The van der Waals surface area contributed by atoms with Crippen LogP contribution in [-0.2, 0) is 6.54 Å². The van der Waals surface area contributed by atoms with E-state index in [1.54, 1.807) is 0 Å². The summed E-state index contributed by atoms with van der Waals surface area (Å²) in [7, 11) is 0. The van der Waals surface area contributed by atoms with Crippen molar-refractivity contribution in [1.82, 2.24) is 0 Å². The second-order valence-electron chi connectivity index (χ2n) is 5.05. The van der Waals surface area contributed by atoms with Crippen LogP contribution in [0.5, 0.6) is 0 Å². The van der Waals surface area contributed by atoms with Gasteiger partial charge in [-0.05, 0) is 23.1 Å². The molecular weight excluding hydrogens is 246 g/mol. The van der Waals surface area contributed by atoms with E-state index in [-0.39, 0.29) is 5.91 Å². The van der Waals surface area contributed by atoms with Gasteiger partial charge in [0.25, 0.3) is 5.91 Å². The highest BCUT2D eigenvalue weighted by Gasteiger charge is 2.28. The summed E-state index contributed by atoms with van der Waals surface area (Å²) >= 11 is 0. The monoisotopic (exact) mass is 259 g/mol. The van der Waals surface area contributed by atoms with Crippen LogP contribution in [0.1, 0.15) is 15.9 Å². The van der Waals surface area contributed by atoms with Gasteiger partial charge in [0.15, 0.2) is 0 Å². The quantitative estimate of drug-likeness (QED) is 0.647. The molecule has 0 bridgehead atoms. The number of rotatable bonds is 1. The third kappa shape index (κ3) is 1.55. The van der Waals surface area contributed by atoms with Gasteiger partial charge in [-0.3, -0.25) is 4.79 Å². The van der Waals surface area contributed by atoms with E-state index in [1.165, 1.54) is 0 Å². The van der Waals surface area contributed by atoms with Crippen LogP contribution in [0.4, 0.5) is 5.69 Å². The van der Waals surface area contributed by atoms with Crippen molar-refractivity contribution in [1.29, 1.82) is 0 Å². The second kappa shape index (κ2) is 4.20. The van der Waals surface area contributed by atoms with Crippen LogP contribution in [0.3, 0.4) is 0 Å². The molecule has 0 aromatic heterocycles. The van der Waals surface area contributed by atoms with E-state index in [1.807, 2.05) is 53.4 Å². The molecule has 4 rings (SSSR count). The van der Waals surface area contributed by atoms with Gasteiger partial charge in [0.1, 0.15) is 0 Å². The average Bonchev–Trinajstić information content (AvgIpc) is 2.84. The summed E-state index contributed by atoms with van der Waals surface area (Å²) in [5.41, 5.74) is 2.91. The molecule has 0 saturated carbocycles. The second-order valence-corrected chi connectivity index (χ2v) is 5.05. The Bertz CT molecular complexity index is 817. The van der Waals surface area contributed by atoms with Gasteiger partial charge >= 0.3 is 0 Å². The molecule has 20 heavy (non-hydrogen) atoms. The Balaban J connectivity index is 1.88. The van der Waals surface area contributed by atoms with Crippen molar-refractivity contribution in [2.45, 2.75) is 6.54 Å². The predicted molar refractivity (Wildman–Crippen MR) is 80.9 cm³/mol. The maximum atomic E-state index is 12.6. The number of benzene rings is 3. The van der Waals surface area contributed by atoms with Crippen molar-refractivity contribution in [3.05, 3.63) is 77.9 Å². The zero-order valence-corrected chi connectivity index (χ0v) is 10.9. The summed E-state index contributed by atoms with van der Waals surface area (Å²) in [6.07, 6.45) is 0. The molecule has 3 aromatic carbocycles. The van der Waals surface area contributed by atoms with E-state index in [4.69, 9.17) is 0 Å². The fourth-order valence-corrected chi connectivity index (χ4v) is 2.89. The molecule has 0 fully saturated rings. The molecule has 0 spiro atoms. The normalized spacial score (nSPS) is 13.8. The summed E-state index contributed by atoms with van der Waals surface area (Å²) in [4.78, 5) is 14.4. The number of amides is 1. The smallest absolute Gasteiger partial charge is 0.258 e. The maximum Gasteiger partial charge on any atom is 0.258 e. The number of carbonyl (C=O) groups is 1. The summed E-state index contributed by atoms with van der Waals surface area (Å²) in [6.45, 7) is 0.656. The molecule has 0 radical (unpaired) electrons. The molecule has 0 atom stereocenters. The van der Waals surface area contributed by atoms with Gasteiger partial charge in [0.2, 0.25) is 0 Å². The number of nitrogens with zero attached hydrogens (tertiary/aromatic N) is 1. The number of hydrogen-bond donors (Lipinski definition) is 0. The van der Waals surface area contributed by atoms with Crippen molar-refractivity contribution in [2.24, 2.45) is 0 Å². The van der Waals surface area contributed by atoms with E-state index < -0.39 is 0 Å². The van der Waals surface area contributed by atoms with Crippen LogP contribution >= 0.6 is 0 Å². The molecule has 1 aliphatic heterocycles. The molecule has 2 heteroatoms. The third-order valence-corrected chi connectivity index (χ3v) is 3.88. The molecule has 1 amide bonds. The van der Waals surface area contributed by atoms with Gasteiger partial charge in [0.05, 0.1) is 12.2 Å². The molecule has 0 unspecified atom stereocenters. The van der Waals surface area contributed by atoms with E-state index in [0.717, 1.165) is 27.6 Å². The van der Waals surface area contributed by atoms with Crippen LogP contribution in [0.25, 0.3) is 10.8 Å². The Morgan fingerprint density at radius 3 is 2.45 bits per heavy atom. The molecule has 0 aliphatic carbocycles. The number of carbonyl (C=O) groups excluding carboxylic acids is 1. The van der Waals surface area contributed by atoms with E-state index in [9.17, 15) is 4.79 Å². The first-order valence-electron chi connectivity index (χ1n) is 6.72. The van der Waals surface area contributed by atoms with Crippen molar-refractivity contribution >= 4 is 22.4 Å². The van der Waals surface area contributed by atoms with E-state index in [2.05, 4.69) is 18.2 Å². The Labute approximate surface area is 117 Å². The minimum absolute atomic E-state index is 0.0944. The average molecular weight is 259 g/mol. The largest absolute Gasteiger partial charge is 0.303 e. The number of hydrogen-bond acceptors (Lipinski definition) is 1. The van der Waals surface area contributed by atoms with Gasteiger partial charge in [-0.25, -0.2) is 0 Å². The van der Waals surface area contributed by atoms with Crippen LogP contribution < -0.4 is 4.90 Å². The number of fused-ring (bicyclic) bond motifs is 2. The molecule has 1 heterocycles. The first kappa shape index (κ1) is 11.2. The lowest BCUT2D eigenvalue weighted by Gasteiger charge is -2.18. The highest BCUT2D eigenvalue weighted by molar-refractivity contribution is 6.13. The lowest BCUT2D eigenvalue weighted by atomic mass is 10.1. The Hall–Kier alpha value is -2.61. The van der Waals surface area contributed by atoms with Crippen molar-refractivity contribution in [3.63, 3.8) is 0 Å². The molecule has 1 aliphatic rings. The van der Waals surface area contributed by atoms with E-state index >= 15 is 0 Å². The Morgan fingerprint density at radius 1 is 0.800 bits per heavy atom. The first-order valence-corrected chi connectivity index (χ1v) is 6.72. The van der Waals surface area contributed by atoms with Crippen LogP contribution in [0.15, 0.2) is 66.7 Å². The Morgan fingerprint density at radius 2 is 1.55 bits per heavy atom.